The minimum atomic E-state index is 0.669. The molecule has 2 unspecified atom stereocenters. The summed E-state index contributed by atoms with van der Waals surface area (Å²) in [4.78, 5) is 2.76. The molecule has 0 radical (unpaired) electrons. The van der Waals surface area contributed by atoms with Gasteiger partial charge in [-0.2, -0.15) is 0 Å². The Hall–Kier alpha value is -0.0800. The van der Waals surface area contributed by atoms with Crippen LogP contribution in [0.5, 0.6) is 0 Å². The molecule has 20 heavy (non-hydrogen) atoms. The lowest BCUT2D eigenvalue weighted by Crippen LogP contribution is -2.47. The molecule has 2 N–H and O–H groups in total. The Labute approximate surface area is 126 Å². The van der Waals surface area contributed by atoms with E-state index in [0.717, 1.165) is 24.3 Å². The first-order chi connectivity index (χ1) is 9.74. The lowest BCUT2D eigenvalue weighted by atomic mass is 9.78. The van der Waals surface area contributed by atoms with Crippen molar-refractivity contribution in [2.45, 2.75) is 77.7 Å². The molecule has 2 nitrogen and oxygen atoms in total. The van der Waals surface area contributed by atoms with Gasteiger partial charge in [-0.25, -0.2) is 0 Å². The van der Waals surface area contributed by atoms with Crippen molar-refractivity contribution in [3.8, 4) is 0 Å². The molecule has 2 atom stereocenters. The maximum absolute atomic E-state index is 6.17. The standard InChI is InChI=1S/C18H36N2/c1-3-5-16-6-4-12-20(13-11-16)18(14-19)17-9-7-15(2)8-10-17/h15-18H,3-14,19H2,1-2H3. The maximum Gasteiger partial charge on any atom is 0.0246 e. The van der Waals surface area contributed by atoms with Crippen molar-refractivity contribution < 1.29 is 0 Å². The second-order valence-electron chi connectivity index (χ2n) is 7.44. The van der Waals surface area contributed by atoms with E-state index in [2.05, 4.69) is 18.7 Å². The van der Waals surface area contributed by atoms with E-state index in [1.165, 1.54) is 70.9 Å². The van der Waals surface area contributed by atoms with Crippen LogP contribution in [-0.4, -0.2) is 30.6 Å². The molecule has 0 aromatic rings. The van der Waals surface area contributed by atoms with Crippen molar-refractivity contribution in [2.75, 3.05) is 19.6 Å². The summed E-state index contributed by atoms with van der Waals surface area (Å²) >= 11 is 0. The largest absolute Gasteiger partial charge is 0.329 e. The van der Waals surface area contributed by atoms with Gasteiger partial charge in [-0.3, -0.25) is 4.90 Å². The van der Waals surface area contributed by atoms with Crippen LogP contribution in [0, 0.1) is 17.8 Å². The zero-order valence-electron chi connectivity index (χ0n) is 13.8. The Bertz CT molecular complexity index is 258. The highest BCUT2D eigenvalue weighted by Crippen LogP contribution is 2.33. The van der Waals surface area contributed by atoms with E-state index >= 15 is 0 Å². The van der Waals surface area contributed by atoms with E-state index in [1.54, 1.807) is 0 Å². The number of rotatable bonds is 5. The molecule has 2 rings (SSSR count). The number of nitrogens with zero attached hydrogens (tertiary/aromatic N) is 1. The molecule has 1 heterocycles. The number of nitrogens with two attached hydrogens (primary N) is 1. The average Bonchev–Trinajstić information content (AvgIpc) is 2.68. The van der Waals surface area contributed by atoms with Gasteiger partial charge >= 0.3 is 0 Å². The van der Waals surface area contributed by atoms with Crippen molar-refractivity contribution in [3.05, 3.63) is 0 Å². The van der Waals surface area contributed by atoms with E-state index in [1.807, 2.05) is 0 Å². The molecule has 0 spiro atoms. The van der Waals surface area contributed by atoms with Gasteiger partial charge < -0.3 is 5.73 Å². The number of hydrogen-bond donors (Lipinski definition) is 1. The van der Waals surface area contributed by atoms with Gasteiger partial charge in [0.1, 0.15) is 0 Å². The van der Waals surface area contributed by atoms with Crippen LogP contribution in [0.3, 0.4) is 0 Å². The highest BCUT2D eigenvalue weighted by Gasteiger charge is 2.30. The molecule has 1 aliphatic carbocycles. The van der Waals surface area contributed by atoms with Crippen LogP contribution in [-0.2, 0) is 0 Å². The molecule has 0 amide bonds. The fourth-order valence-electron chi connectivity index (χ4n) is 4.53. The van der Waals surface area contributed by atoms with Crippen molar-refractivity contribution in [3.63, 3.8) is 0 Å². The van der Waals surface area contributed by atoms with Crippen LogP contribution in [0.1, 0.15) is 71.6 Å². The predicted octanol–water partition coefficient (Wildman–Crippen LogP) is 4.04. The molecule has 1 saturated heterocycles. The molecular weight excluding hydrogens is 244 g/mol. The van der Waals surface area contributed by atoms with Crippen LogP contribution in [0.2, 0.25) is 0 Å². The first-order valence-electron chi connectivity index (χ1n) is 9.18. The summed E-state index contributed by atoms with van der Waals surface area (Å²) in [7, 11) is 0. The van der Waals surface area contributed by atoms with Gasteiger partial charge in [-0.15, -0.1) is 0 Å². The first-order valence-corrected chi connectivity index (χ1v) is 9.18. The van der Waals surface area contributed by atoms with Crippen LogP contribution in [0.15, 0.2) is 0 Å². The molecule has 0 aromatic heterocycles. The summed E-state index contributed by atoms with van der Waals surface area (Å²) in [6.07, 6.45) is 12.7. The van der Waals surface area contributed by atoms with Gasteiger partial charge in [0, 0.05) is 12.6 Å². The minimum Gasteiger partial charge on any atom is -0.329 e. The lowest BCUT2D eigenvalue weighted by Gasteiger charge is -2.39. The number of likely N-dealkylation sites (tertiary alicyclic amines) is 1. The highest BCUT2D eigenvalue weighted by molar-refractivity contribution is 4.85. The van der Waals surface area contributed by atoms with E-state index in [-0.39, 0.29) is 0 Å². The molecule has 118 valence electrons. The third-order valence-corrected chi connectivity index (χ3v) is 5.89. The highest BCUT2D eigenvalue weighted by atomic mass is 15.2. The SMILES string of the molecule is CCCC1CCCN(C(CN)C2CCC(C)CC2)CC1. The van der Waals surface area contributed by atoms with Crippen molar-refractivity contribution in [2.24, 2.45) is 23.5 Å². The second kappa shape index (κ2) is 8.38. The molecule has 2 heteroatoms. The third-order valence-electron chi connectivity index (χ3n) is 5.89. The second-order valence-corrected chi connectivity index (χ2v) is 7.44. The fraction of sp³-hybridized carbons (Fsp3) is 1.00. The first kappa shape index (κ1) is 16.3. The average molecular weight is 280 g/mol. The monoisotopic (exact) mass is 280 g/mol. The van der Waals surface area contributed by atoms with Crippen molar-refractivity contribution >= 4 is 0 Å². The maximum atomic E-state index is 6.17. The Kier molecular flexibility index (Phi) is 6.83. The predicted molar refractivity (Wildman–Crippen MR) is 87.8 cm³/mol. The molecule has 1 aliphatic heterocycles. The quantitative estimate of drug-likeness (QED) is 0.823. The lowest BCUT2D eigenvalue weighted by molar-refractivity contribution is 0.114. The van der Waals surface area contributed by atoms with E-state index in [4.69, 9.17) is 5.73 Å². The van der Waals surface area contributed by atoms with Gasteiger partial charge in [0.05, 0.1) is 0 Å². The molecule has 0 aromatic carbocycles. The fourth-order valence-corrected chi connectivity index (χ4v) is 4.53. The summed E-state index contributed by atoms with van der Waals surface area (Å²) in [6.45, 7) is 8.22. The minimum absolute atomic E-state index is 0.669. The van der Waals surface area contributed by atoms with Crippen LogP contribution in [0.25, 0.3) is 0 Å². The molecule has 1 saturated carbocycles. The summed E-state index contributed by atoms with van der Waals surface area (Å²) in [6, 6.07) is 0.669. The Balaban J connectivity index is 1.87. The van der Waals surface area contributed by atoms with Gasteiger partial charge in [0.2, 0.25) is 0 Å². The third kappa shape index (κ3) is 4.46. The van der Waals surface area contributed by atoms with Gasteiger partial charge in [0.15, 0.2) is 0 Å². The molecule has 2 aliphatic rings. The Morgan fingerprint density at radius 1 is 1.05 bits per heavy atom. The molecular formula is C18H36N2. The Morgan fingerprint density at radius 2 is 1.80 bits per heavy atom. The summed E-state index contributed by atoms with van der Waals surface area (Å²) in [5, 5.41) is 0. The van der Waals surface area contributed by atoms with E-state index < -0.39 is 0 Å². The zero-order valence-corrected chi connectivity index (χ0v) is 13.8. The van der Waals surface area contributed by atoms with Crippen LogP contribution >= 0.6 is 0 Å². The molecule has 0 bridgehead atoms. The molecule has 2 fully saturated rings. The van der Waals surface area contributed by atoms with Crippen LogP contribution < -0.4 is 5.73 Å². The van der Waals surface area contributed by atoms with Crippen molar-refractivity contribution in [1.82, 2.24) is 4.90 Å². The van der Waals surface area contributed by atoms with Gasteiger partial charge in [-0.1, -0.05) is 39.5 Å². The summed E-state index contributed by atoms with van der Waals surface area (Å²) in [5.74, 6) is 2.80. The topological polar surface area (TPSA) is 29.3 Å². The van der Waals surface area contributed by atoms with Crippen molar-refractivity contribution in [1.29, 1.82) is 0 Å². The Morgan fingerprint density at radius 3 is 2.45 bits per heavy atom. The summed E-state index contributed by atoms with van der Waals surface area (Å²) < 4.78 is 0. The zero-order chi connectivity index (χ0) is 14.4. The summed E-state index contributed by atoms with van der Waals surface area (Å²) in [5.41, 5.74) is 6.17. The van der Waals surface area contributed by atoms with E-state index in [0.29, 0.717) is 6.04 Å². The normalized spacial score (nSPS) is 34.6. The number of hydrogen-bond acceptors (Lipinski definition) is 2. The van der Waals surface area contributed by atoms with E-state index in [9.17, 15) is 0 Å². The van der Waals surface area contributed by atoms with Gasteiger partial charge in [0.25, 0.3) is 0 Å². The van der Waals surface area contributed by atoms with Gasteiger partial charge in [-0.05, 0) is 62.9 Å². The van der Waals surface area contributed by atoms with Crippen LogP contribution in [0.4, 0.5) is 0 Å². The smallest absolute Gasteiger partial charge is 0.0246 e.